The number of H-pyrrole nitrogens is 2. The summed E-state index contributed by atoms with van der Waals surface area (Å²) in [5.74, 6) is 1.52. The molecule has 53 heavy (non-hydrogen) atoms. The zero-order valence-corrected chi connectivity index (χ0v) is 32.1. The first-order valence-electron chi connectivity index (χ1n) is 20.0. The van der Waals surface area contributed by atoms with Gasteiger partial charge in [0.2, 0.25) is 0 Å². The highest BCUT2D eigenvalue weighted by Gasteiger charge is 2.61. The van der Waals surface area contributed by atoms with E-state index in [0.29, 0.717) is 18.4 Å². The van der Waals surface area contributed by atoms with Crippen molar-refractivity contribution < 1.29 is 29.1 Å². The molecule has 10 nitrogen and oxygen atoms in total. The van der Waals surface area contributed by atoms with Gasteiger partial charge in [0.05, 0.1) is 44.8 Å². The molecule has 6 bridgehead atoms. The molecule has 2 aromatic carbocycles. The zero-order chi connectivity index (χ0) is 36.8. The molecule has 6 aliphatic rings. The molecule has 0 spiro atoms. The van der Waals surface area contributed by atoms with E-state index in [1.165, 1.54) is 33.3 Å². The third kappa shape index (κ3) is 5.12. The Hall–Kier alpha value is -3.41. The molecular formula is C43H56N4O6. The summed E-state index contributed by atoms with van der Waals surface area (Å²) < 4.78 is 12.0. The molecule has 6 heterocycles. The van der Waals surface area contributed by atoms with Gasteiger partial charge in [0.1, 0.15) is 12.0 Å². The van der Waals surface area contributed by atoms with E-state index < -0.39 is 6.23 Å². The zero-order valence-electron chi connectivity index (χ0n) is 32.1. The predicted octanol–water partition coefficient (Wildman–Crippen LogP) is 6.29. The lowest BCUT2D eigenvalue weighted by Crippen LogP contribution is -2.69. The van der Waals surface area contributed by atoms with Gasteiger partial charge in [0.25, 0.3) is 0 Å². The second kappa shape index (κ2) is 13.4. The second-order valence-corrected chi connectivity index (χ2v) is 16.8. The van der Waals surface area contributed by atoms with Gasteiger partial charge in [-0.1, -0.05) is 44.9 Å². The monoisotopic (exact) mass is 724 g/mol. The van der Waals surface area contributed by atoms with E-state index in [9.17, 15) is 9.90 Å². The number of likely N-dealkylation sites (N-methyl/N-ethyl adjacent to an activating group) is 1. The first-order chi connectivity index (χ1) is 25.8. The van der Waals surface area contributed by atoms with Crippen LogP contribution in [0.2, 0.25) is 0 Å². The molecule has 11 unspecified atom stereocenters. The summed E-state index contributed by atoms with van der Waals surface area (Å²) in [6.45, 7) is 6.72. The number of hydrogen-bond donors (Lipinski definition) is 3. The summed E-state index contributed by atoms with van der Waals surface area (Å²) in [6.07, 6.45) is 5.86. The number of carbonyl (C=O) groups excluding carboxylic acids is 1. The topological polar surface area (TPSA) is 112 Å². The fourth-order valence-corrected chi connectivity index (χ4v) is 12.6. The van der Waals surface area contributed by atoms with Crippen LogP contribution in [0.5, 0.6) is 5.75 Å². The minimum Gasteiger partial charge on any atom is -0.496 e. The maximum absolute atomic E-state index is 13.9. The van der Waals surface area contributed by atoms with Gasteiger partial charge in [0.15, 0.2) is 0 Å². The van der Waals surface area contributed by atoms with Crippen molar-refractivity contribution in [2.45, 2.75) is 88.4 Å². The summed E-state index contributed by atoms with van der Waals surface area (Å²) in [4.78, 5) is 38.2. The number of esters is 1. The molecule has 10 rings (SSSR count). The normalized spacial score (nSPS) is 35.0. The smallest absolute Gasteiger partial charge is 0.310 e. The molecule has 284 valence electrons. The first-order valence-corrected chi connectivity index (χ1v) is 20.0. The fourth-order valence-electron chi connectivity index (χ4n) is 12.6. The minimum atomic E-state index is -0.438. The number of nitrogens with one attached hydrogen (secondary N) is 2. The van der Waals surface area contributed by atoms with E-state index in [4.69, 9.17) is 19.2 Å². The standard InChI is InChI=1S/C43H56N4O6/c1-7-23-17-25-20-43(22-53-52-6)39-28(15-16-47(40(23)43)41(25)48)27-13-14-34(50-4)36(38(27)45-39)31-18-29-24(8-2)21-46(3)33(35(29)42(49)51-5)19-30-26-11-9-10-12-32(26)44-37(30)31/h9-14,23-25,29,31,33,35,40-41,44-45,48H,7-8,15-22H2,1-6H3. The molecule has 11 atom stereocenters. The molecule has 4 aliphatic heterocycles. The van der Waals surface area contributed by atoms with E-state index in [2.05, 4.69) is 77.1 Å². The molecular weight excluding hydrogens is 668 g/mol. The maximum Gasteiger partial charge on any atom is 0.310 e. The lowest BCUT2D eigenvalue weighted by Gasteiger charge is -2.61. The number of aliphatic hydroxyl groups excluding tert-OH is 1. The van der Waals surface area contributed by atoms with Gasteiger partial charge in [-0.15, -0.1) is 0 Å². The van der Waals surface area contributed by atoms with Crippen molar-refractivity contribution in [2.75, 3.05) is 48.1 Å². The Morgan fingerprint density at radius 2 is 1.81 bits per heavy atom. The van der Waals surface area contributed by atoms with Crippen LogP contribution in [0.4, 0.5) is 0 Å². The van der Waals surface area contributed by atoms with Gasteiger partial charge >= 0.3 is 5.97 Å². The third-order valence-corrected chi connectivity index (χ3v) is 14.8. The van der Waals surface area contributed by atoms with Crippen LogP contribution in [0, 0.1) is 29.6 Å². The van der Waals surface area contributed by atoms with Crippen LogP contribution in [0.25, 0.3) is 21.8 Å². The van der Waals surface area contributed by atoms with Crippen molar-refractivity contribution in [2.24, 2.45) is 29.6 Å². The summed E-state index contributed by atoms with van der Waals surface area (Å²) in [7, 11) is 7.11. The number of hydrogen-bond acceptors (Lipinski definition) is 8. The largest absolute Gasteiger partial charge is 0.496 e. The number of aromatic nitrogens is 2. The molecule has 4 aromatic rings. The van der Waals surface area contributed by atoms with E-state index in [1.807, 2.05) is 0 Å². The van der Waals surface area contributed by atoms with E-state index in [0.717, 1.165) is 80.4 Å². The fraction of sp³-hybridized carbons (Fsp3) is 0.605. The van der Waals surface area contributed by atoms with Gasteiger partial charge in [0, 0.05) is 64.3 Å². The molecule has 2 aliphatic carbocycles. The van der Waals surface area contributed by atoms with Crippen molar-refractivity contribution >= 4 is 27.8 Å². The van der Waals surface area contributed by atoms with Crippen LogP contribution in [0.1, 0.15) is 79.9 Å². The van der Waals surface area contributed by atoms with E-state index in [1.54, 1.807) is 21.3 Å². The second-order valence-electron chi connectivity index (χ2n) is 16.8. The van der Waals surface area contributed by atoms with E-state index >= 15 is 0 Å². The highest BCUT2D eigenvalue weighted by Crippen LogP contribution is 2.58. The van der Waals surface area contributed by atoms with Gasteiger partial charge in [-0.05, 0) is 92.1 Å². The number of carbonyl (C=O) groups is 1. The van der Waals surface area contributed by atoms with Gasteiger partial charge in [-0.25, -0.2) is 9.78 Å². The Balaban J connectivity index is 1.30. The number of likely N-dealkylation sites (tertiary alicyclic amines) is 1. The number of benzene rings is 2. The molecule has 1 saturated carbocycles. The van der Waals surface area contributed by atoms with Crippen molar-refractivity contribution in [3.8, 4) is 5.75 Å². The number of aliphatic hydroxyl groups is 1. The predicted molar refractivity (Wildman–Crippen MR) is 204 cm³/mol. The van der Waals surface area contributed by atoms with Crippen LogP contribution in [-0.4, -0.2) is 97.2 Å². The van der Waals surface area contributed by atoms with Gasteiger partial charge in [-0.2, -0.15) is 0 Å². The third-order valence-electron chi connectivity index (χ3n) is 14.8. The molecule has 3 N–H and O–H groups in total. The average molecular weight is 725 g/mol. The Labute approximate surface area is 312 Å². The molecule has 0 radical (unpaired) electrons. The lowest BCUT2D eigenvalue weighted by atomic mass is 9.56. The number of methoxy groups -OCH3 is 2. The number of piperidine rings is 3. The number of rotatable bonds is 8. The van der Waals surface area contributed by atoms with Crippen LogP contribution in [0.3, 0.4) is 0 Å². The number of para-hydroxylation sites is 1. The summed E-state index contributed by atoms with van der Waals surface area (Å²) in [6, 6.07) is 13.2. The minimum absolute atomic E-state index is 0.0422. The molecule has 2 aromatic heterocycles. The van der Waals surface area contributed by atoms with Crippen LogP contribution >= 0.6 is 0 Å². The Bertz CT molecular complexity index is 2020. The van der Waals surface area contributed by atoms with Crippen molar-refractivity contribution in [1.82, 2.24) is 19.8 Å². The van der Waals surface area contributed by atoms with Crippen molar-refractivity contribution in [1.29, 1.82) is 0 Å². The number of aromatic amines is 2. The Morgan fingerprint density at radius 1 is 1.00 bits per heavy atom. The number of fused-ring (bicyclic) bond motifs is 9. The summed E-state index contributed by atoms with van der Waals surface area (Å²) in [5.41, 5.74) is 8.04. The summed E-state index contributed by atoms with van der Waals surface area (Å²) in [5, 5.41) is 14.0. The first kappa shape index (κ1) is 35.3. The SMILES string of the molecule is CCC1CN(C)C2Cc3c([nH]c4ccccc34)C(c3c(OC)ccc4c5c([nH]c34)C3(COOC)CC4CC(CC)C3N(CC5)C4O)CC1C2C(=O)OC. The Morgan fingerprint density at radius 3 is 2.57 bits per heavy atom. The van der Waals surface area contributed by atoms with Crippen molar-refractivity contribution in [3.63, 3.8) is 0 Å². The quantitative estimate of drug-likeness (QED) is 0.111. The number of nitrogens with zero attached hydrogens (tertiary/aromatic N) is 2. The van der Waals surface area contributed by atoms with E-state index in [-0.39, 0.29) is 47.1 Å². The molecule has 4 fully saturated rings. The molecule has 0 amide bonds. The maximum atomic E-state index is 13.9. The van der Waals surface area contributed by atoms with Crippen LogP contribution < -0.4 is 4.74 Å². The van der Waals surface area contributed by atoms with Gasteiger partial charge in [-0.3, -0.25) is 9.69 Å². The Kier molecular flexibility index (Phi) is 8.93. The highest BCUT2D eigenvalue weighted by atomic mass is 17.2. The summed E-state index contributed by atoms with van der Waals surface area (Å²) >= 11 is 0. The lowest BCUT2D eigenvalue weighted by molar-refractivity contribution is -0.300. The van der Waals surface area contributed by atoms with Crippen molar-refractivity contribution in [3.05, 3.63) is 64.5 Å². The highest BCUT2D eigenvalue weighted by molar-refractivity contribution is 5.92. The average Bonchev–Trinajstić information content (AvgIpc) is 3.70. The van der Waals surface area contributed by atoms with Gasteiger partial charge < -0.3 is 29.4 Å². The van der Waals surface area contributed by atoms with Crippen LogP contribution in [-0.2, 0) is 37.6 Å². The van der Waals surface area contributed by atoms with Crippen LogP contribution in [0.15, 0.2) is 36.4 Å². The molecule has 3 saturated heterocycles. The molecule has 10 heteroatoms. The number of ether oxygens (including phenoxy) is 2.